The maximum atomic E-state index is 12.2. The lowest BCUT2D eigenvalue weighted by Crippen LogP contribution is -2.27. The van der Waals surface area contributed by atoms with Gasteiger partial charge in [0, 0.05) is 31.5 Å². The predicted octanol–water partition coefficient (Wildman–Crippen LogP) is 3.34. The summed E-state index contributed by atoms with van der Waals surface area (Å²) in [4.78, 5) is 19.0. The summed E-state index contributed by atoms with van der Waals surface area (Å²) in [6, 6.07) is 12.5. The molecule has 0 saturated carbocycles. The van der Waals surface area contributed by atoms with Crippen LogP contribution in [0.2, 0.25) is 0 Å². The fourth-order valence-electron chi connectivity index (χ4n) is 3.39. The number of hydrogen-bond acceptors (Lipinski definition) is 3. The molecule has 3 rings (SSSR count). The number of likely N-dealkylation sites (tertiary alicyclic amines) is 1. The summed E-state index contributed by atoms with van der Waals surface area (Å²) in [6.45, 7) is 7.97. The Morgan fingerprint density at radius 1 is 1.28 bits per heavy atom. The van der Waals surface area contributed by atoms with Gasteiger partial charge in [-0.3, -0.25) is 14.7 Å². The smallest absolute Gasteiger partial charge is 0.252 e. The fraction of sp³-hybridized carbons (Fsp3) is 0.429. The number of carbonyl (C=O) groups excluding carboxylic acids is 1. The van der Waals surface area contributed by atoms with Gasteiger partial charge in [0.25, 0.3) is 5.91 Å². The molecule has 4 nitrogen and oxygen atoms in total. The lowest BCUT2D eigenvalue weighted by Gasteiger charge is -2.16. The van der Waals surface area contributed by atoms with Crippen LogP contribution < -0.4 is 5.32 Å². The van der Waals surface area contributed by atoms with Crippen molar-refractivity contribution < 1.29 is 4.79 Å². The van der Waals surface area contributed by atoms with Crippen LogP contribution in [0.3, 0.4) is 0 Å². The van der Waals surface area contributed by atoms with Gasteiger partial charge >= 0.3 is 0 Å². The van der Waals surface area contributed by atoms with Crippen molar-refractivity contribution >= 4 is 5.91 Å². The van der Waals surface area contributed by atoms with E-state index in [4.69, 9.17) is 0 Å². The standard InChI is InChI=1S/C21H27N3O/c1-16-12-20(13-23-17(16)2)21(25)22-10-8-19-9-11-24(15-19)14-18-6-4-3-5-7-18/h3-7,12-13,19H,8-11,14-15H2,1-2H3,(H,22,25). The lowest BCUT2D eigenvalue weighted by molar-refractivity contribution is 0.0951. The molecule has 1 aromatic heterocycles. The number of rotatable bonds is 6. The molecule has 1 aromatic carbocycles. The lowest BCUT2D eigenvalue weighted by atomic mass is 10.1. The molecule has 1 atom stereocenters. The molecule has 1 fully saturated rings. The molecule has 2 heterocycles. The SMILES string of the molecule is Cc1cc(C(=O)NCCC2CCN(Cc3ccccc3)C2)cnc1C. The molecule has 1 amide bonds. The first kappa shape index (κ1) is 17.6. The third kappa shape index (κ3) is 4.89. The first-order valence-electron chi connectivity index (χ1n) is 9.09. The van der Waals surface area contributed by atoms with Crippen molar-refractivity contribution in [2.24, 2.45) is 5.92 Å². The number of pyridine rings is 1. The molecule has 1 N–H and O–H groups in total. The van der Waals surface area contributed by atoms with E-state index in [0.29, 0.717) is 11.5 Å². The highest BCUT2D eigenvalue weighted by molar-refractivity contribution is 5.94. The maximum absolute atomic E-state index is 12.2. The Hall–Kier alpha value is -2.20. The van der Waals surface area contributed by atoms with Gasteiger partial charge < -0.3 is 5.32 Å². The number of nitrogens with zero attached hydrogens (tertiary/aromatic N) is 2. The zero-order valence-corrected chi connectivity index (χ0v) is 15.2. The van der Waals surface area contributed by atoms with Crippen molar-refractivity contribution in [2.45, 2.75) is 33.2 Å². The van der Waals surface area contributed by atoms with Crippen molar-refractivity contribution in [3.05, 3.63) is 65.0 Å². The van der Waals surface area contributed by atoms with Crippen LogP contribution in [0.1, 0.15) is 40.0 Å². The molecule has 0 bridgehead atoms. The van der Waals surface area contributed by atoms with E-state index in [-0.39, 0.29) is 5.91 Å². The van der Waals surface area contributed by atoms with Crippen LogP contribution >= 0.6 is 0 Å². The van der Waals surface area contributed by atoms with Gasteiger partial charge in [0.15, 0.2) is 0 Å². The Kier molecular flexibility index (Phi) is 5.82. The highest BCUT2D eigenvalue weighted by Crippen LogP contribution is 2.21. The number of amides is 1. The van der Waals surface area contributed by atoms with Crippen molar-refractivity contribution in [2.75, 3.05) is 19.6 Å². The summed E-state index contributed by atoms with van der Waals surface area (Å²) in [6.07, 6.45) is 3.91. The largest absolute Gasteiger partial charge is 0.352 e. The molecule has 1 aliphatic heterocycles. The maximum Gasteiger partial charge on any atom is 0.252 e. The number of nitrogens with one attached hydrogen (secondary N) is 1. The van der Waals surface area contributed by atoms with Crippen molar-refractivity contribution in [1.29, 1.82) is 0 Å². The van der Waals surface area contributed by atoms with Crippen molar-refractivity contribution in [1.82, 2.24) is 15.2 Å². The summed E-state index contributed by atoms with van der Waals surface area (Å²) in [5.74, 6) is 0.650. The Bertz CT molecular complexity index is 714. The van der Waals surface area contributed by atoms with Crippen molar-refractivity contribution in [3.8, 4) is 0 Å². The van der Waals surface area contributed by atoms with Crippen LogP contribution in [-0.4, -0.2) is 35.4 Å². The van der Waals surface area contributed by atoms with E-state index >= 15 is 0 Å². The summed E-state index contributed by atoms with van der Waals surface area (Å²) in [5, 5.41) is 3.04. The molecule has 2 aromatic rings. The number of aromatic nitrogens is 1. The monoisotopic (exact) mass is 337 g/mol. The first-order valence-corrected chi connectivity index (χ1v) is 9.09. The fourth-order valence-corrected chi connectivity index (χ4v) is 3.39. The Morgan fingerprint density at radius 2 is 2.08 bits per heavy atom. The normalized spacial score (nSPS) is 17.6. The Labute approximate surface area is 150 Å². The van der Waals surface area contributed by atoms with Crippen LogP contribution in [0.25, 0.3) is 0 Å². The zero-order valence-electron chi connectivity index (χ0n) is 15.2. The van der Waals surface area contributed by atoms with Gasteiger partial charge in [-0.05, 0) is 56.3 Å². The van der Waals surface area contributed by atoms with Gasteiger partial charge in [-0.2, -0.15) is 0 Å². The number of aryl methyl sites for hydroxylation is 2. The molecular weight excluding hydrogens is 310 g/mol. The molecule has 1 aliphatic rings. The quantitative estimate of drug-likeness (QED) is 0.879. The van der Waals surface area contributed by atoms with Crippen LogP contribution in [0, 0.1) is 19.8 Å². The summed E-state index contributed by atoms with van der Waals surface area (Å²) < 4.78 is 0. The van der Waals surface area contributed by atoms with Crippen molar-refractivity contribution in [3.63, 3.8) is 0 Å². The van der Waals surface area contributed by atoms with Gasteiger partial charge in [0.2, 0.25) is 0 Å². The summed E-state index contributed by atoms with van der Waals surface area (Å²) >= 11 is 0. The first-order chi connectivity index (χ1) is 12.1. The van der Waals surface area contributed by atoms with E-state index < -0.39 is 0 Å². The Morgan fingerprint density at radius 3 is 2.84 bits per heavy atom. The summed E-state index contributed by atoms with van der Waals surface area (Å²) in [5.41, 5.74) is 4.06. The minimum atomic E-state index is -0.0188. The van der Waals surface area contributed by atoms with Gasteiger partial charge in [-0.15, -0.1) is 0 Å². The van der Waals surface area contributed by atoms with Gasteiger partial charge in [0.1, 0.15) is 0 Å². The van der Waals surface area contributed by atoms with E-state index in [1.54, 1.807) is 6.20 Å². The third-order valence-corrected chi connectivity index (χ3v) is 5.06. The molecule has 1 saturated heterocycles. The molecule has 25 heavy (non-hydrogen) atoms. The molecule has 132 valence electrons. The highest BCUT2D eigenvalue weighted by Gasteiger charge is 2.22. The number of hydrogen-bond donors (Lipinski definition) is 1. The predicted molar refractivity (Wildman–Crippen MR) is 100 cm³/mol. The topological polar surface area (TPSA) is 45.2 Å². The minimum absolute atomic E-state index is 0.0188. The summed E-state index contributed by atoms with van der Waals surface area (Å²) in [7, 11) is 0. The van der Waals surface area contributed by atoms with Crippen LogP contribution in [0.4, 0.5) is 0 Å². The minimum Gasteiger partial charge on any atom is -0.352 e. The van der Waals surface area contributed by atoms with E-state index in [1.807, 2.05) is 19.9 Å². The number of carbonyl (C=O) groups is 1. The average molecular weight is 337 g/mol. The molecule has 0 aliphatic carbocycles. The van der Waals surface area contributed by atoms with E-state index in [9.17, 15) is 4.79 Å². The molecule has 0 spiro atoms. The molecular formula is C21H27N3O. The van der Waals surface area contributed by atoms with Gasteiger partial charge in [-0.1, -0.05) is 30.3 Å². The zero-order chi connectivity index (χ0) is 17.6. The van der Waals surface area contributed by atoms with E-state index in [0.717, 1.165) is 43.9 Å². The average Bonchev–Trinajstić information content (AvgIpc) is 3.05. The molecule has 4 heteroatoms. The van der Waals surface area contributed by atoms with Crippen LogP contribution in [0.5, 0.6) is 0 Å². The number of benzene rings is 1. The highest BCUT2D eigenvalue weighted by atomic mass is 16.1. The van der Waals surface area contributed by atoms with Crippen LogP contribution in [0.15, 0.2) is 42.6 Å². The van der Waals surface area contributed by atoms with Gasteiger partial charge in [0.05, 0.1) is 5.56 Å². The van der Waals surface area contributed by atoms with E-state index in [2.05, 4.69) is 45.5 Å². The van der Waals surface area contributed by atoms with Crippen LogP contribution in [-0.2, 0) is 6.54 Å². The second kappa shape index (κ2) is 8.26. The van der Waals surface area contributed by atoms with E-state index in [1.165, 1.54) is 12.0 Å². The third-order valence-electron chi connectivity index (χ3n) is 5.06. The molecule has 1 unspecified atom stereocenters. The molecule has 0 radical (unpaired) electrons. The van der Waals surface area contributed by atoms with Gasteiger partial charge in [-0.25, -0.2) is 0 Å². The second-order valence-electron chi connectivity index (χ2n) is 7.05. The second-order valence-corrected chi connectivity index (χ2v) is 7.05. The Balaban J connectivity index is 1.40.